The summed E-state index contributed by atoms with van der Waals surface area (Å²) in [6, 6.07) is 8.48. The van der Waals surface area contributed by atoms with E-state index in [1.807, 2.05) is 0 Å². The minimum absolute atomic E-state index is 0.0403. The molecule has 14 nitrogen and oxygen atoms in total. The van der Waals surface area contributed by atoms with Crippen LogP contribution >= 0.6 is 0 Å². The van der Waals surface area contributed by atoms with E-state index in [0.717, 1.165) is 12.1 Å². The van der Waals surface area contributed by atoms with Gasteiger partial charge in [0, 0.05) is 17.7 Å². The molecule has 1 aromatic heterocycles. The lowest BCUT2D eigenvalue weighted by Gasteiger charge is -2.46. The fourth-order valence-electron chi connectivity index (χ4n) is 5.26. The van der Waals surface area contributed by atoms with Crippen LogP contribution in [0.4, 0.5) is 0 Å². The second-order valence-electron chi connectivity index (χ2n) is 10.3. The van der Waals surface area contributed by atoms with Gasteiger partial charge in [-0.2, -0.15) is 0 Å². The number of aliphatic hydroxyl groups is 6. The van der Waals surface area contributed by atoms with Gasteiger partial charge in [0.1, 0.15) is 77.2 Å². The summed E-state index contributed by atoms with van der Waals surface area (Å²) in [5, 5.41) is 83.9. The smallest absolute Gasteiger partial charge is 0.197 e. The lowest BCUT2D eigenvalue weighted by Crippen LogP contribution is -2.62. The molecule has 228 valence electrons. The van der Waals surface area contributed by atoms with Gasteiger partial charge in [-0.1, -0.05) is 0 Å². The van der Waals surface area contributed by atoms with Gasteiger partial charge in [0.15, 0.2) is 17.3 Å². The molecule has 0 unspecified atom stereocenters. The highest BCUT2D eigenvalue weighted by Crippen LogP contribution is 2.44. The SMILES string of the molecule is COc1ccc(-c2cc(=O)c3c(O)cc(O)c([C@@H]4O[C@@H](CO)[C@@H](O)[C@H](O[C@@H]5O[C@@H](C)[C@H](O)[C@@H](O)[C@@H]5O)[C@@H]4O)c3o2)cc1. The molecule has 0 spiro atoms. The van der Waals surface area contributed by atoms with Gasteiger partial charge in [0.2, 0.25) is 0 Å². The highest BCUT2D eigenvalue weighted by atomic mass is 16.7. The minimum atomic E-state index is -1.86. The van der Waals surface area contributed by atoms with Gasteiger partial charge in [-0.25, -0.2) is 0 Å². The number of aliphatic hydroxyl groups excluding tert-OH is 6. The maximum Gasteiger partial charge on any atom is 0.197 e. The predicted octanol–water partition coefficient (Wildman–Crippen LogP) is -0.754. The Hall–Kier alpha value is -3.31. The maximum atomic E-state index is 13.1. The number of phenolic OH excluding ortho intramolecular Hbond substituents is 2. The van der Waals surface area contributed by atoms with Crippen molar-refractivity contribution in [2.75, 3.05) is 13.7 Å². The van der Waals surface area contributed by atoms with E-state index in [2.05, 4.69) is 0 Å². The van der Waals surface area contributed by atoms with Gasteiger partial charge in [0.25, 0.3) is 0 Å². The lowest BCUT2D eigenvalue weighted by molar-refractivity contribution is -0.338. The first-order chi connectivity index (χ1) is 20.0. The number of rotatable bonds is 6. The van der Waals surface area contributed by atoms with Gasteiger partial charge >= 0.3 is 0 Å². The number of benzene rings is 2. The van der Waals surface area contributed by atoms with Crippen molar-refractivity contribution in [2.24, 2.45) is 0 Å². The largest absolute Gasteiger partial charge is 0.507 e. The van der Waals surface area contributed by atoms with E-state index in [4.69, 9.17) is 23.4 Å². The Labute approximate surface area is 238 Å². The van der Waals surface area contributed by atoms with Crippen molar-refractivity contribution in [3.8, 4) is 28.6 Å². The molecule has 2 saturated heterocycles. The fourth-order valence-corrected chi connectivity index (χ4v) is 5.26. The van der Waals surface area contributed by atoms with Crippen LogP contribution in [0.15, 0.2) is 45.6 Å². The minimum Gasteiger partial charge on any atom is -0.507 e. The average molecular weight is 593 g/mol. The molecule has 0 amide bonds. The first kappa shape index (κ1) is 30.2. The number of hydrogen-bond donors (Lipinski definition) is 8. The predicted molar refractivity (Wildman–Crippen MR) is 142 cm³/mol. The molecule has 0 aliphatic carbocycles. The normalized spacial score (nSPS) is 33.5. The second-order valence-corrected chi connectivity index (χ2v) is 10.3. The Kier molecular flexibility index (Phi) is 8.44. The molecule has 0 saturated carbocycles. The first-order valence-electron chi connectivity index (χ1n) is 13.1. The van der Waals surface area contributed by atoms with Gasteiger partial charge < -0.3 is 64.2 Å². The van der Waals surface area contributed by atoms with Crippen molar-refractivity contribution in [1.29, 1.82) is 0 Å². The van der Waals surface area contributed by atoms with E-state index in [1.54, 1.807) is 24.3 Å². The van der Waals surface area contributed by atoms with Crippen LogP contribution in [0.3, 0.4) is 0 Å². The fraction of sp³-hybridized carbons (Fsp3) is 0.464. The molecule has 2 aliphatic heterocycles. The number of aromatic hydroxyl groups is 2. The van der Waals surface area contributed by atoms with Crippen molar-refractivity contribution in [1.82, 2.24) is 0 Å². The van der Waals surface area contributed by atoms with Crippen LogP contribution in [0, 0.1) is 0 Å². The molecule has 10 atom stereocenters. The molecule has 2 fully saturated rings. The van der Waals surface area contributed by atoms with Crippen LogP contribution in [-0.4, -0.2) is 110 Å². The third-order valence-corrected chi connectivity index (χ3v) is 7.62. The van der Waals surface area contributed by atoms with Crippen molar-refractivity contribution < 1.29 is 64.2 Å². The number of methoxy groups -OCH3 is 1. The van der Waals surface area contributed by atoms with Gasteiger partial charge in [-0.3, -0.25) is 4.79 Å². The van der Waals surface area contributed by atoms with E-state index in [-0.39, 0.29) is 22.3 Å². The number of hydrogen-bond acceptors (Lipinski definition) is 14. The topological polar surface area (TPSA) is 229 Å². The molecule has 0 bridgehead atoms. The van der Waals surface area contributed by atoms with Crippen LogP contribution in [0.25, 0.3) is 22.3 Å². The maximum absolute atomic E-state index is 13.1. The summed E-state index contributed by atoms with van der Waals surface area (Å²) < 4.78 is 28.0. The summed E-state index contributed by atoms with van der Waals surface area (Å²) in [7, 11) is 1.49. The molecule has 14 heteroatoms. The first-order valence-corrected chi connectivity index (χ1v) is 13.1. The Morgan fingerprint density at radius 1 is 0.857 bits per heavy atom. The van der Waals surface area contributed by atoms with Crippen LogP contribution in [0.1, 0.15) is 18.6 Å². The van der Waals surface area contributed by atoms with E-state index in [1.165, 1.54) is 14.0 Å². The molecular weight excluding hydrogens is 560 g/mol. The summed E-state index contributed by atoms with van der Waals surface area (Å²) in [5.41, 5.74) is -0.881. The molecule has 8 N–H and O–H groups in total. The molecule has 0 radical (unpaired) electrons. The summed E-state index contributed by atoms with van der Waals surface area (Å²) in [5.74, 6) is -0.677. The van der Waals surface area contributed by atoms with E-state index in [0.29, 0.717) is 11.3 Å². The summed E-state index contributed by atoms with van der Waals surface area (Å²) in [4.78, 5) is 13.1. The number of ether oxygens (including phenoxy) is 4. The third-order valence-electron chi connectivity index (χ3n) is 7.62. The van der Waals surface area contributed by atoms with Gasteiger partial charge in [0.05, 0.1) is 25.4 Å². The van der Waals surface area contributed by atoms with Gasteiger partial charge in [-0.05, 0) is 31.2 Å². The van der Waals surface area contributed by atoms with Crippen molar-refractivity contribution in [3.63, 3.8) is 0 Å². The second kappa shape index (κ2) is 11.8. The van der Waals surface area contributed by atoms with Crippen LogP contribution in [0.5, 0.6) is 17.2 Å². The zero-order valence-corrected chi connectivity index (χ0v) is 22.5. The van der Waals surface area contributed by atoms with Crippen LogP contribution in [-0.2, 0) is 14.2 Å². The lowest BCUT2D eigenvalue weighted by atomic mass is 9.89. The summed E-state index contributed by atoms with van der Waals surface area (Å²) in [6.45, 7) is 0.628. The van der Waals surface area contributed by atoms with E-state index < -0.39 is 84.8 Å². The monoisotopic (exact) mass is 592 g/mol. The van der Waals surface area contributed by atoms with E-state index >= 15 is 0 Å². The molecule has 2 aliphatic rings. The zero-order chi connectivity index (χ0) is 30.5. The molecule has 5 rings (SSSR count). The van der Waals surface area contributed by atoms with E-state index in [9.17, 15) is 45.6 Å². The Morgan fingerprint density at radius 3 is 2.19 bits per heavy atom. The molecule has 42 heavy (non-hydrogen) atoms. The zero-order valence-electron chi connectivity index (χ0n) is 22.5. The van der Waals surface area contributed by atoms with Crippen molar-refractivity contribution >= 4 is 11.0 Å². The Bertz CT molecular complexity index is 1470. The van der Waals surface area contributed by atoms with Crippen molar-refractivity contribution in [3.05, 3.63) is 52.2 Å². The summed E-state index contributed by atoms with van der Waals surface area (Å²) >= 11 is 0. The standard InChI is InChI=1S/C28H32O14/c1-10-20(33)22(35)23(36)28(39-10)42-27-21(34)17(9-29)41-26(24(27)37)19-14(31)7-13(30)18-15(32)8-16(40-25(18)19)11-3-5-12(38-2)6-4-11/h3-8,10,17,20-24,26-31,33-37H,9H2,1-2H3/t10-,17-,20-,21+,22+,23-,24+,26-,27-,28-/m0/s1. The molecule has 3 heterocycles. The quantitative estimate of drug-likeness (QED) is 0.176. The van der Waals surface area contributed by atoms with Crippen LogP contribution in [0.2, 0.25) is 0 Å². The molecular formula is C28H32O14. The average Bonchev–Trinajstić information content (AvgIpc) is 2.97. The number of fused-ring (bicyclic) bond motifs is 1. The molecule has 3 aromatic rings. The van der Waals surface area contributed by atoms with Crippen molar-refractivity contribution in [2.45, 2.75) is 68.1 Å². The third kappa shape index (κ3) is 5.21. The van der Waals surface area contributed by atoms with Crippen LogP contribution < -0.4 is 10.2 Å². The highest BCUT2D eigenvalue weighted by molar-refractivity contribution is 5.89. The highest BCUT2D eigenvalue weighted by Gasteiger charge is 2.51. The number of phenols is 2. The van der Waals surface area contributed by atoms with Gasteiger partial charge in [-0.15, -0.1) is 0 Å². The summed E-state index contributed by atoms with van der Waals surface area (Å²) in [6.07, 6.45) is -15.8. The Balaban J connectivity index is 1.59. The Morgan fingerprint density at radius 2 is 1.55 bits per heavy atom. The molecule has 2 aromatic carbocycles.